The lowest BCUT2D eigenvalue weighted by Crippen LogP contribution is -2.22. The minimum Gasteiger partial charge on any atom is -0.387 e. The van der Waals surface area contributed by atoms with Gasteiger partial charge in [-0.25, -0.2) is 8.78 Å². The van der Waals surface area contributed by atoms with Crippen LogP contribution in [0.5, 0.6) is 0 Å². The zero-order valence-corrected chi connectivity index (χ0v) is 9.44. The van der Waals surface area contributed by atoms with Crippen molar-refractivity contribution in [2.24, 2.45) is 0 Å². The molecule has 1 aromatic carbocycles. The van der Waals surface area contributed by atoms with Gasteiger partial charge in [-0.3, -0.25) is 0 Å². The van der Waals surface area contributed by atoms with E-state index in [2.05, 4.69) is 15.0 Å². The molecule has 1 unspecified atom stereocenters. The highest BCUT2D eigenvalue weighted by atomic mass is 19.1. The molecule has 0 aliphatic carbocycles. The van der Waals surface area contributed by atoms with Crippen molar-refractivity contribution in [3.63, 3.8) is 0 Å². The molecule has 18 heavy (non-hydrogen) atoms. The maximum atomic E-state index is 13.3. The molecule has 1 heterocycles. The topological polar surface area (TPSA) is 58.3 Å². The molecule has 0 amide bonds. The van der Waals surface area contributed by atoms with Crippen molar-refractivity contribution in [1.82, 2.24) is 10.5 Å². The Balaban J connectivity index is 1.93. The predicted octanol–water partition coefficient (Wildman–Crippen LogP) is 1.78. The van der Waals surface area contributed by atoms with Crippen molar-refractivity contribution in [3.05, 3.63) is 53.4 Å². The minimum atomic E-state index is -1.25. The third-order valence-electron chi connectivity index (χ3n) is 2.47. The van der Waals surface area contributed by atoms with Crippen LogP contribution < -0.4 is 5.32 Å². The molecule has 2 rings (SSSR count). The van der Waals surface area contributed by atoms with E-state index in [1.54, 1.807) is 6.07 Å². The fourth-order valence-corrected chi connectivity index (χ4v) is 1.60. The van der Waals surface area contributed by atoms with E-state index < -0.39 is 17.7 Å². The molecule has 0 saturated heterocycles. The van der Waals surface area contributed by atoms with Gasteiger partial charge in [0.15, 0.2) is 0 Å². The van der Waals surface area contributed by atoms with Crippen molar-refractivity contribution in [2.45, 2.75) is 12.6 Å². The summed E-state index contributed by atoms with van der Waals surface area (Å²) in [6, 6.07) is 5.13. The molecule has 6 heteroatoms. The van der Waals surface area contributed by atoms with E-state index in [-0.39, 0.29) is 12.1 Å². The van der Waals surface area contributed by atoms with E-state index >= 15 is 0 Å². The van der Waals surface area contributed by atoms with Crippen LogP contribution in [0.2, 0.25) is 0 Å². The van der Waals surface area contributed by atoms with Crippen LogP contribution in [0.25, 0.3) is 0 Å². The lowest BCUT2D eigenvalue weighted by molar-refractivity contribution is 0.164. The number of halogens is 2. The highest BCUT2D eigenvalue weighted by molar-refractivity contribution is 5.22. The van der Waals surface area contributed by atoms with E-state index in [0.29, 0.717) is 12.2 Å². The summed E-state index contributed by atoms with van der Waals surface area (Å²) < 4.78 is 31.3. The highest BCUT2D eigenvalue weighted by Gasteiger charge is 2.17. The van der Waals surface area contributed by atoms with Gasteiger partial charge in [0.05, 0.1) is 17.4 Å². The first kappa shape index (κ1) is 12.7. The summed E-state index contributed by atoms with van der Waals surface area (Å²) in [5.41, 5.74) is 0.321. The van der Waals surface area contributed by atoms with Crippen LogP contribution in [0, 0.1) is 11.6 Å². The van der Waals surface area contributed by atoms with Gasteiger partial charge in [0.1, 0.15) is 17.9 Å². The molecule has 2 N–H and O–H groups in total. The molecule has 0 aliphatic rings. The van der Waals surface area contributed by atoms with Crippen LogP contribution in [-0.4, -0.2) is 16.8 Å². The molecule has 1 atom stereocenters. The summed E-state index contributed by atoms with van der Waals surface area (Å²) in [5.74, 6) is -1.52. The van der Waals surface area contributed by atoms with Crippen molar-refractivity contribution in [1.29, 1.82) is 0 Å². The van der Waals surface area contributed by atoms with Gasteiger partial charge < -0.3 is 14.9 Å². The Labute approximate surface area is 102 Å². The number of aromatic nitrogens is 1. The Morgan fingerprint density at radius 2 is 2.00 bits per heavy atom. The number of rotatable bonds is 5. The molecule has 96 valence electrons. The number of aliphatic hydroxyl groups is 1. The van der Waals surface area contributed by atoms with Gasteiger partial charge in [-0.05, 0) is 12.1 Å². The molecule has 0 aliphatic heterocycles. The normalized spacial score (nSPS) is 12.6. The van der Waals surface area contributed by atoms with E-state index in [4.69, 9.17) is 0 Å². The van der Waals surface area contributed by atoms with E-state index in [1.807, 2.05) is 0 Å². The lowest BCUT2D eigenvalue weighted by Gasteiger charge is -2.13. The van der Waals surface area contributed by atoms with Crippen LogP contribution in [0.3, 0.4) is 0 Å². The summed E-state index contributed by atoms with van der Waals surface area (Å²) in [6.45, 7) is 0.369. The average molecular weight is 254 g/mol. The first-order valence-corrected chi connectivity index (χ1v) is 5.40. The molecule has 0 radical (unpaired) electrons. The Hall–Kier alpha value is -1.79. The van der Waals surface area contributed by atoms with Gasteiger partial charge in [-0.2, -0.15) is 0 Å². The van der Waals surface area contributed by atoms with E-state index in [1.165, 1.54) is 12.3 Å². The molecule has 0 saturated carbocycles. The molecule has 4 nitrogen and oxygen atoms in total. The van der Waals surface area contributed by atoms with Crippen LogP contribution >= 0.6 is 0 Å². The largest absolute Gasteiger partial charge is 0.387 e. The summed E-state index contributed by atoms with van der Waals surface area (Å²) >= 11 is 0. The maximum absolute atomic E-state index is 13.3. The molecule has 0 fully saturated rings. The number of nitrogens with one attached hydrogen (secondary N) is 1. The Kier molecular flexibility index (Phi) is 4.01. The van der Waals surface area contributed by atoms with Gasteiger partial charge in [0.25, 0.3) is 0 Å². The Morgan fingerprint density at radius 1 is 1.28 bits per heavy atom. The number of benzene rings is 1. The fraction of sp³-hybridized carbons (Fsp3) is 0.250. The zero-order valence-electron chi connectivity index (χ0n) is 9.44. The number of aliphatic hydroxyl groups excluding tert-OH is 1. The van der Waals surface area contributed by atoms with Gasteiger partial charge in [0.2, 0.25) is 0 Å². The lowest BCUT2D eigenvalue weighted by atomic mass is 10.1. The zero-order chi connectivity index (χ0) is 13.0. The first-order valence-electron chi connectivity index (χ1n) is 5.40. The van der Waals surface area contributed by atoms with Gasteiger partial charge in [-0.15, -0.1) is 0 Å². The summed E-state index contributed by atoms with van der Waals surface area (Å²) in [6.07, 6.45) is 0.169. The average Bonchev–Trinajstić information content (AvgIpc) is 2.82. The standard InChI is InChI=1S/C12H12F2N2O2/c13-9-2-1-3-10(14)12(9)11(17)7-15-6-8-4-5-18-16-8/h1-5,11,15,17H,6-7H2. The van der Waals surface area contributed by atoms with Crippen molar-refractivity contribution >= 4 is 0 Å². The van der Waals surface area contributed by atoms with Crippen LogP contribution in [0.15, 0.2) is 35.1 Å². The third-order valence-corrected chi connectivity index (χ3v) is 2.47. The molecular formula is C12H12F2N2O2. The number of hydrogen-bond acceptors (Lipinski definition) is 4. The van der Waals surface area contributed by atoms with E-state index in [0.717, 1.165) is 12.1 Å². The summed E-state index contributed by atoms with van der Waals surface area (Å²) in [5, 5.41) is 16.2. The summed E-state index contributed by atoms with van der Waals surface area (Å²) in [7, 11) is 0. The predicted molar refractivity (Wildman–Crippen MR) is 59.5 cm³/mol. The number of hydrogen-bond donors (Lipinski definition) is 2. The van der Waals surface area contributed by atoms with E-state index in [9.17, 15) is 13.9 Å². The first-order chi connectivity index (χ1) is 8.68. The SMILES string of the molecule is OC(CNCc1ccon1)c1c(F)cccc1F. The van der Waals surface area contributed by atoms with Crippen molar-refractivity contribution in [2.75, 3.05) is 6.54 Å². The fourth-order valence-electron chi connectivity index (χ4n) is 1.60. The minimum absolute atomic E-state index is 0.0186. The Bertz CT molecular complexity index is 483. The quantitative estimate of drug-likeness (QED) is 0.853. The van der Waals surface area contributed by atoms with Gasteiger partial charge in [0, 0.05) is 19.2 Å². The summed E-state index contributed by atoms with van der Waals surface area (Å²) in [4.78, 5) is 0. The van der Waals surface area contributed by atoms with Crippen LogP contribution in [0.4, 0.5) is 8.78 Å². The second-order valence-corrected chi connectivity index (χ2v) is 3.77. The van der Waals surface area contributed by atoms with Crippen LogP contribution in [-0.2, 0) is 6.54 Å². The third kappa shape index (κ3) is 2.91. The van der Waals surface area contributed by atoms with Gasteiger partial charge >= 0.3 is 0 Å². The maximum Gasteiger partial charge on any atom is 0.131 e. The molecular weight excluding hydrogens is 242 g/mol. The second kappa shape index (κ2) is 5.70. The van der Waals surface area contributed by atoms with Crippen LogP contribution in [0.1, 0.15) is 17.4 Å². The molecule has 0 spiro atoms. The van der Waals surface area contributed by atoms with Crippen molar-refractivity contribution in [3.8, 4) is 0 Å². The molecule has 1 aromatic heterocycles. The smallest absolute Gasteiger partial charge is 0.131 e. The highest BCUT2D eigenvalue weighted by Crippen LogP contribution is 2.19. The monoisotopic (exact) mass is 254 g/mol. The molecule has 2 aromatic rings. The van der Waals surface area contributed by atoms with Gasteiger partial charge in [-0.1, -0.05) is 11.2 Å². The van der Waals surface area contributed by atoms with Crippen molar-refractivity contribution < 1.29 is 18.4 Å². The molecule has 0 bridgehead atoms. The second-order valence-electron chi connectivity index (χ2n) is 3.77. The number of nitrogens with zero attached hydrogens (tertiary/aromatic N) is 1. The Morgan fingerprint density at radius 3 is 2.61 bits per heavy atom.